The molecule has 0 atom stereocenters. The van der Waals surface area contributed by atoms with Crippen molar-refractivity contribution in [3.05, 3.63) is 42.4 Å². The lowest BCUT2D eigenvalue weighted by Crippen LogP contribution is -2.27. The van der Waals surface area contributed by atoms with E-state index >= 15 is 0 Å². The lowest BCUT2D eigenvalue weighted by atomic mass is 10.1. The summed E-state index contributed by atoms with van der Waals surface area (Å²) in [5, 5.41) is 0. The first-order valence-corrected chi connectivity index (χ1v) is 5.02. The van der Waals surface area contributed by atoms with E-state index < -0.39 is 0 Å². The van der Waals surface area contributed by atoms with Gasteiger partial charge >= 0.3 is 0 Å². The van der Waals surface area contributed by atoms with Crippen LogP contribution < -0.4 is 0 Å². The van der Waals surface area contributed by atoms with Crippen LogP contribution in [0.1, 0.15) is 24.8 Å². The molecule has 0 aromatic heterocycles. The summed E-state index contributed by atoms with van der Waals surface area (Å²) >= 11 is 0. The molecule has 1 aliphatic rings. The van der Waals surface area contributed by atoms with E-state index in [-0.39, 0.29) is 0 Å². The van der Waals surface area contributed by atoms with Crippen molar-refractivity contribution < 1.29 is 0 Å². The molecular weight excluding hydrogens is 158 g/mol. The van der Waals surface area contributed by atoms with E-state index in [1.165, 1.54) is 37.9 Å². The number of likely N-dealkylation sites (tertiary alicyclic amines) is 1. The van der Waals surface area contributed by atoms with E-state index in [2.05, 4.69) is 35.7 Å². The zero-order chi connectivity index (χ0) is 8.93. The molecule has 2 rings (SSSR count). The maximum atomic E-state index is 3.41. The van der Waals surface area contributed by atoms with Gasteiger partial charge in [-0.2, -0.15) is 0 Å². The Bertz CT molecular complexity index is 237. The van der Waals surface area contributed by atoms with E-state index in [9.17, 15) is 0 Å². The van der Waals surface area contributed by atoms with Crippen LogP contribution in [0.25, 0.3) is 0 Å². The third kappa shape index (κ3) is 2.56. The molecule has 68 valence electrons. The fourth-order valence-electron chi connectivity index (χ4n) is 1.70. The maximum Gasteiger partial charge on any atom is 0.0963 e. The zero-order valence-corrected chi connectivity index (χ0v) is 7.87. The highest BCUT2D eigenvalue weighted by Gasteiger charge is 2.10. The second-order valence-corrected chi connectivity index (χ2v) is 3.53. The van der Waals surface area contributed by atoms with Crippen molar-refractivity contribution in [1.29, 1.82) is 0 Å². The van der Waals surface area contributed by atoms with E-state index in [4.69, 9.17) is 0 Å². The van der Waals surface area contributed by atoms with Crippen LogP contribution in [0.3, 0.4) is 0 Å². The molecule has 0 amide bonds. The van der Waals surface area contributed by atoms with E-state index in [1.807, 2.05) is 6.07 Å². The Morgan fingerprint density at radius 3 is 2.31 bits per heavy atom. The largest absolute Gasteiger partial charge is 0.290 e. The number of hydrogen-bond acceptors (Lipinski definition) is 1. The van der Waals surface area contributed by atoms with Crippen LogP contribution >= 0.6 is 0 Å². The van der Waals surface area contributed by atoms with Crippen molar-refractivity contribution in [1.82, 2.24) is 4.90 Å². The van der Waals surface area contributed by atoms with Crippen molar-refractivity contribution in [3.63, 3.8) is 0 Å². The van der Waals surface area contributed by atoms with Crippen molar-refractivity contribution in [2.75, 3.05) is 13.1 Å². The maximum absolute atomic E-state index is 3.41. The second-order valence-electron chi connectivity index (χ2n) is 3.53. The first-order chi connectivity index (χ1) is 6.45. The standard InChI is InChI=1S/C12H15N/c1-3-7-12(8-4-1)11-13-9-5-2-6-10-13/h1,3-4,7-8H,2,5-6,9-10H2. The van der Waals surface area contributed by atoms with Gasteiger partial charge < -0.3 is 0 Å². The Labute approximate surface area is 80.4 Å². The Hall–Kier alpha value is -0.820. The molecule has 0 spiro atoms. The van der Waals surface area contributed by atoms with Gasteiger partial charge in [-0.05, 0) is 31.5 Å². The Balaban J connectivity index is 1.90. The van der Waals surface area contributed by atoms with E-state index in [1.54, 1.807) is 0 Å². The smallest absolute Gasteiger partial charge is 0.0963 e. The van der Waals surface area contributed by atoms with Gasteiger partial charge in [-0.25, -0.2) is 0 Å². The molecule has 1 nitrogen and oxygen atoms in total. The molecule has 1 aromatic carbocycles. The Morgan fingerprint density at radius 2 is 1.62 bits per heavy atom. The number of nitrogens with zero attached hydrogens (tertiary/aromatic N) is 1. The highest BCUT2D eigenvalue weighted by atomic mass is 15.1. The summed E-state index contributed by atoms with van der Waals surface area (Å²) in [5.74, 6) is 0. The average molecular weight is 173 g/mol. The fourth-order valence-corrected chi connectivity index (χ4v) is 1.70. The quantitative estimate of drug-likeness (QED) is 0.664. The average Bonchev–Trinajstić information content (AvgIpc) is 2.21. The molecule has 1 aromatic rings. The summed E-state index contributed by atoms with van der Waals surface area (Å²) in [4.78, 5) is 2.30. The molecule has 0 saturated carbocycles. The SMILES string of the molecule is [C](c1ccccc1)N1CCCCC1. The molecule has 1 saturated heterocycles. The van der Waals surface area contributed by atoms with Crippen LogP contribution in [-0.4, -0.2) is 18.0 Å². The lowest BCUT2D eigenvalue weighted by molar-refractivity contribution is 0.285. The molecule has 13 heavy (non-hydrogen) atoms. The van der Waals surface area contributed by atoms with Crippen molar-refractivity contribution in [3.8, 4) is 0 Å². The van der Waals surface area contributed by atoms with Crippen molar-refractivity contribution >= 4 is 0 Å². The first kappa shape index (κ1) is 8.76. The van der Waals surface area contributed by atoms with E-state index in [0.717, 1.165) is 0 Å². The van der Waals surface area contributed by atoms with Crippen LogP contribution in [0.5, 0.6) is 0 Å². The summed E-state index contributed by atoms with van der Waals surface area (Å²) in [5.41, 5.74) is 1.20. The summed E-state index contributed by atoms with van der Waals surface area (Å²) in [6.45, 7) is 5.77. The number of piperidine rings is 1. The third-order valence-electron chi connectivity index (χ3n) is 2.42. The van der Waals surface area contributed by atoms with Crippen LogP contribution in [0.4, 0.5) is 0 Å². The van der Waals surface area contributed by atoms with E-state index in [0.29, 0.717) is 0 Å². The van der Waals surface area contributed by atoms with Crippen LogP contribution in [0, 0.1) is 6.54 Å². The lowest BCUT2D eigenvalue weighted by Gasteiger charge is -2.25. The highest BCUT2D eigenvalue weighted by molar-refractivity contribution is 5.21. The minimum Gasteiger partial charge on any atom is -0.290 e. The predicted molar refractivity (Wildman–Crippen MR) is 54.2 cm³/mol. The molecule has 2 radical (unpaired) electrons. The van der Waals surface area contributed by atoms with Crippen LogP contribution in [-0.2, 0) is 0 Å². The molecule has 0 bridgehead atoms. The van der Waals surface area contributed by atoms with Gasteiger partial charge in [0.05, 0.1) is 6.54 Å². The van der Waals surface area contributed by atoms with Gasteiger partial charge in [0.1, 0.15) is 0 Å². The highest BCUT2D eigenvalue weighted by Crippen LogP contribution is 2.13. The fraction of sp³-hybridized carbons (Fsp3) is 0.417. The van der Waals surface area contributed by atoms with Gasteiger partial charge in [-0.3, -0.25) is 4.90 Å². The molecule has 0 N–H and O–H groups in total. The molecule has 1 fully saturated rings. The Kier molecular flexibility index (Phi) is 2.98. The third-order valence-corrected chi connectivity index (χ3v) is 2.42. The van der Waals surface area contributed by atoms with Gasteiger partial charge in [0.15, 0.2) is 0 Å². The number of hydrogen-bond donors (Lipinski definition) is 0. The zero-order valence-electron chi connectivity index (χ0n) is 7.87. The minimum atomic E-state index is 1.18. The normalized spacial score (nSPS) is 18.8. The summed E-state index contributed by atoms with van der Waals surface area (Å²) in [6.07, 6.45) is 4.02. The minimum absolute atomic E-state index is 1.18. The molecule has 1 heterocycles. The molecular formula is C12H15N. The molecule has 0 unspecified atom stereocenters. The molecule has 1 aliphatic heterocycles. The Morgan fingerprint density at radius 1 is 0.923 bits per heavy atom. The van der Waals surface area contributed by atoms with Gasteiger partial charge in [-0.1, -0.05) is 36.8 Å². The predicted octanol–water partition coefficient (Wildman–Crippen LogP) is 2.56. The summed E-state index contributed by atoms with van der Waals surface area (Å²) in [6, 6.07) is 10.4. The molecule has 1 heteroatoms. The number of rotatable bonds is 2. The topological polar surface area (TPSA) is 3.24 Å². The number of benzene rings is 1. The van der Waals surface area contributed by atoms with Gasteiger partial charge in [0.2, 0.25) is 0 Å². The van der Waals surface area contributed by atoms with Gasteiger partial charge in [0.25, 0.3) is 0 Å². The van der Waals surface area contributed by atoms with Gasteiger partial charge in [-0.15, -0.1) is 0 Å². The second kappa shape index (κ2) is 4.43. The monoisotopic (exact) mass is 173 g/mol. The summed E-state index contributed by atoms with van der Waals surface area (Å²) in [7, 11) is 0. The van der Waals surface area contributed by atoms with Crippen LogP contribution in [0.2, 0.25) is 0 Å². The van der Waals surface area contributed by atoms with Crippen molar-refractivity contribution in [2.45, 2.75) is 19.3 Å². The first-order valence-electron chi connectivity index (χ1n) is 5.02. The summed E-state index contributed by atoms with van der Waals surface area (Å²) < 4.78 is 0. The molecule has 0 aliphatic carbocycles. The van der Waals surface area contributed by atoms with Crippen LogP contribution in [0.15, 0.2) is 30.3 Å². The van der Waals surface area contributed by atoms with Crippen molar-refractivity contribution in [2.24, 2.45) is 0 Å². The van der Waals surface area contributed by atoms with Gasteiger partial charge in [0, 0.05) is 0 Å².